The van der Waals surface area contributed by atoms with Gasteiger partial charge in [-0.25, -0.2) is 4.79 Å². The number of carbonyl (C=O) groups is 1. The van der Waals surface area contributed by atoms with Gasteiger partial charge in [-0.15, -0.1) is 0 Å². The number of urea groups is 1. The molecule has 6 heteroatoms. The molecule has 24 heavy (non-hydrogen) atoms. The zero-order valence-corrected chi connectivity index (χ0v) is 13.6. The topological polar surface area (TPSA) is 72.5 Å². The van der Waals surface area contributed by atoms with Crippen molar-refractivity contribution < 1.29 is 14.3 Å². The number of pyridine rings is 1. The molecule has 2 N–H and O–H groups in total. The molecule has 0 spiro atoms. The van der Waals surface area contributed by atoms with Crippen LogP contribution in [0, 0.1) is 18.8 Å². The summed E-state index contributed by atoms with van der Waals surface area (Å²) in [5.41, 5.74) is 1.58. The van der Waals surface area contributed by atoms with Crippen molar-refractivity contribution in [3.63, 3.8) is 0 Å². The summed E-state index contributed by atoms with van der Waals surface area (Å²) in [6, 6.07) is 10.5. The summed E-state index contributed by atoms with van der Waals surface area (Å²) < 4.78 is 10.5. The molecule has 6 nitrogen and oxygen atoms in total. The Bertz CT molecular complexity index is 733. The van der Waals surface area contributed by atoms with E-state index in [0.717, 1.165) is 5.69 Å². The number of ether oxygens (including phenoxy) is 2. The Labute approximate surface area is 141 Å². The maximum absolute atomic E-state index is 11.7. The minimum atomic E-state index is -0.332. The number of nitrogens with zero attached hydrogens (tertiary/aromatic N) is 1. The van der Waals surface area contributed by atoms with Crippen LogP contribution in [-0.4, -0.2) is 31.3 Å². The Kier molecular flexibility index (Phi) is 6.47. The average Bonchev–Trinajstić information content (AvgIpc) is 2.59. The van der Waals surface area contributed by atoms with E-state index in [1.807, 2.05) is 19.1 Å². The maximum atomic E-state index is 11.7. The van der Waals surface area contributed by atoms with Gasteiger partial charge in [-0.2, -0.15) is 0 Å². The molecular formula is C18H19N3O3. The lowest BCUT2D eigenvalue weighted by Crippen LogP contribution is -2.28. The van der Waals surface area contributed by atoms with E-state index < -0.39 is 0 Å². The number of nitrogens with one attached hydrogen (secondary N) is 2. The first-order valence-electron chi connectivity index (χ1n) is 7.37. The average molecular weight is 325 g/mol. The number of rotatable bonds is 5. The monoisotopic (exact) mass is 325 g/mol. The Morgan fingerprint density at radius 1 is 1.21 bits per heavy atom. The summed E-state index contributed by atoms with van der Waals surface area (Å²) >= 11 is 0. The van der Waals surface area contributed by atoms with Gasteiger partial charge in [-0.3, -0.25) is 4.98 Å². The Morgan fingerprint density at radius 3 is 2.83 bits per heavy atom. The molecule has 0 fully saturated rings. The van der Waals surface area contributed by atoms with Gasteiger partial charge in [-0.1, -0.05) is 17.9 Å². The van der Waals surface area contributed by atoms with Crippen LogP contribution in [0.4, 0.5) is 10.5 Å². The van der Waals surface area contributed by atoms with Crippen molar-refractivity contribution in [1.82, 2.24) is 10.3 Å². The van der Waals surface area contributed by atoms with Crippen LogP contribution in [-0.2, 0) is 0 Å². The molecule has 2 aromatic rings. The van der Waals surface area contributed by atoms with Crippen molar-refractivity contribution in [3.8, 4) is 23.3 Å². The molecule has 124 valence electrons. The molecule has 0 atom stereocenters. The van der Waals surface area contributed by atoms with Gasteiger partial charge in [0.05, 0.1) is 19.9 Å². The number of aryl methyl sites for hydroxylation is 1. The van der Waals surface area contributed by atoms with Crippen LogP contribution in [0.15, 0.2) is 42.6 Å². The van der Waals surface area contributed by atoms with E-state index in [2.05, 4.69) is 27.5 Å². The van der Waals surface area contributed by atoms with Crippen molar-refractivity contribution in [3.05, 3.63) is 48.3 Å². The van der Waals surface area contributed by atoms with Gasteiger partial charge < -0.3 is 20.1 Å². The van der Waals surface area contributed by atoms with Gasteiger partial charge in [0, 0.05) is 17.4 Å². The van der Waals surface area contributed by atoms with E-state index in [1.54, 1.807) is 37.6 Å². The second-order valence-electron chi connectivity index (χ2n) is 4.82. The van der Waals surface area contributed by atoms with Gasteiger partial charge in [-0.05, 0) is 31.2 Å². The third-order valence-corrected chi connectivity index (χ3v) is 2.99. The lowest BCUT2D eigenvalue weighted by Gasteiger charge is -2.06. The van der Waals surface area contributed by atoms with Crippen LogP contribution in [0.2, 0.25) is 0 Å². The summed E-state index contributed by atoms with van der Waals surface area (Å²) in [4.78, 5) is 15.9. The van der Waals surface area contributed by atoms with Crippen LogP contribution in [0.5, 0.6) is 11.5 Å². The number of aromatic nitrogens is 1. The van der Waals surface area contributed by atoms with Crippen LogP contribution < -0.4 is 20.1 Å². The molecule has 0 radical (unpaired) electrons. The first-order chi connectivity index (χ1) is 11.7. The number of methoxy groups -OCH3 is 1. The van der Waals surface area contributed by atoms with Gasteiger partial charge in [0.25, 0.3) is 0 Å². The number of benzene rings is 1. The van der Waals surface area contributed by atoms with Gasteiger partial charge in [0.1, 0.15) is 18.1 Å². The molecule has 2 amide bonds. The van der Waals surface area contributed by atoms with E-state index >= 15 is 0 Å². The van der Waals surface area contributed by atoms with Crippen molar-refractivity contribution in [2.45, 2.75) is 6.92 Å². The predicted molar refractivity (Wildman–Crippen MR) is 92.3 cm³/mol. The van der Waals surface area contributed by atoms with E-state index in [4.69, 9.17) is 9.47 Å². The van der Waals surface area contributed by atoms with E-state index in [-0.39, 0.29) is 19.2 Å². The molecule has 1 aromatic heterocycles. The fourth-order valence-corrected chi connectivity index (χ4v) is 1.77. The molecule has 0 saturated carbocycles. The molecule has 2 rings (SSSR count). The highest BCUT2D eigenvalue weighted by Gasteiger charge is 2.00. The minimum absolute atomic E-state index is 0.227. The predicted octanol–water partition coefficient (Wildman–Crippen LogP) is 2.60. The minimum Gasteiger partial charge on any atom is -0.497 e. The summed E-state index contributed by atoms with van der Waals surface area (Å²) in [5, 5.41) is 5.34. The molecule has 0 saturated heterocycles. The fourth-order valence-electron chi connectivity index (χ4n) is 1.77. The Hall–Kier alpha value is -3.20. The number of anilines is 1. The third kappa shape index (κ3) is 5.89. The molecular weight excluding hydrogens is 306 g/mol. The zero-order valence-electron chi connectivity index (χ0n) is 13.6. The second kappa shape index (κ2) is 9.06. The van der Waals surface area contributed by atoms with Gasteiger partial charge >= 0.3 is 6.03 Å². The number of hydrogen-bond acceptors (Lipinski definition) is 4. The summed E-state index contributed by atoms with van der Waals surface area (Å²) in [5.74, 6) is 6.98. The van der Waals surface area contributed by atoms with E-state index in [9.17, 15) is 4.79 Å². The van der Waals surface area contributed by atoms with Crippen molar-refractivity contribution in [2.75, 3.05) is 25.6 Å². The smallest absolute Gasteiger partial charge is 0.319 e. The standard InChI is InChI=1S/C18H19N3O3/c1-14-8-9-17(13-20-14)24-11-4-3-10-19-18(22)21-15-6-5-7-16(12-15)23-2/h5-9,12-13H,10-11H2,1-2H3,(H2,19,21,22). The lowest BCUT2D eigenvalue weighted by atomic mass is 10.3. The fraction of sp³-hybridized carbons (Fsp3) is 0.222. The molecule has 0 aliphatic rings. The van der Waals surface area contributed by atoms with Crippen molar-refractivity contribution >= 4 is 11.7 Å². The molecule has 0 bridgehead atoms. The van der Waals surface area contributed by atoms with Crippen LogP contribution in [0.25, 0.3) is 0 Å². The van der Waals surface area contributed by atoms with Gasteiger partial charge in [0.2, 0.25) is 0 Å². The van der Waals surface area contributed by atoms with Gasteiger partial charge in [0.15, 0.2) is 0 Å². The first kappa shape index (κ1) is 17.2. The number of carbonyl (C=O) groups excluding carboxylic acids is 1. The van der Waals surface area contributed by atoms with Crippen molar-refractivity contribution in [2.24, 2.45) is 0 Å². The van der Waals surface area contributed by atoms with Crippen molar-refractivity contribution in [1.29, 1.82) is 0 Å². The molecule has 0 unspecified atom stereocenters. The van der Waals surface area contributed by atoms with E-state index in [1.165, 1.54) is 0 Å². The first-order valence-corrected chi connectivity index (χ1v) is 7.37. The van der Waals surface area contributed by atoms with Crippen LogP contribution in [0.3, 0.4) is 0 Å². The molecule has 1 aromatic carbocycles. The SMILES string of the molecule is COc1cccc(NC(=O)NCC#CCOc2ccc(C)nc2)c1. The highest BCUT2D eigenvalue weighted by Crippen LogP contribution is 2.16. The molecule has 0 aliphatic carbocycles. The second-order valence-corrected chi connectivity index (χ2v) is 4.82. The van der Waals surface area contributed by atoms with Crippen LogP contribution in [0.1, 0.15) is 5.69 Å². The largest absolute Gasteiger partial charge is 0.497 e. The molecule has 0 aliphatic heterocycles. The number of hydrogen-bond donors (Lipinski definition) is 2. The third-order valence-electron chi connectivity index (χ3n) is 2.99. The summed E-state index contributed by atoms with van der Waals surface area (Å²) in [6.45, 7) is 2.38. The Balaban J connectivity index is 1.68. The zero-order chi connectivity index (χ0) is 17.2. The summed E-state index contributed by atoms with van der Waals surface area (Å²) in [7, 11) is 1.57. The summed E-state index contributed by atoms with van der Waals surface area (Å²) in [6.07, 6.45) is 1.65. The maximum Gasteiger partial charge on any atom is 0.319 e. The Morgan fingerprint density at radius 2 is 2.08 bits per heavy atom. The highest BCUT2D eigenvalue weighted by atomic mass is 16.5. The highest BCUT2D eigenvalue weighted by molar-refractivity contribution is 5.89. The quantitative estimate of drug-likeness (QED) is 0.829. The number of amides is 2. The van der Waals surface area contributed by atoms with Crippen LogP contribution >= 0.6 is 0 Å². The normalized spacial score (nSPS) is 9.42. The lowest BCUT2D eigenvalue weighted by molar-refractivity contribution is 0.253. The molecule has 1 heterocycles. The van der Waals surface area contributed by atoms with E-state index in [0.29, 0.717) is 17.2 Å².